The van der Waals surface area contributed by atoms with Crippen molar-refractivity contribution in [1.82, 2.24) is 9.97 Å². The zero-order chi connectivity index (χ0) is 25.4. The fourth-order valence-corrected chi connectivity index (χ4v) is 4.40. The number of oxime groups is 1. The molecular formula is C27H37FN4O4. The first-order valence-corrected chi connectivity index (χ1v) is 12.8. The molecule has 36 heavy (non-hydrogen) atoms. The SMILES string of the molecule is COCc1cccc(-c2cnc(N3CCC(=NOCCC(C)(C)OC4CCCCO4)CC3)nc2)c1F. The normalized spacial score (nSPS) is 18.8. The van der Waals surface area contributed by atoms with Gasteiger partial charge in [-0.25, -0.2) is 14.4 Å². The second kappa shape index (κ2) is 12.6. The summed E-state index contributed by atoms with van der Waals surface area (Å²) in [5.41, 5.74) is 2.35. The highest BCUT2D eigenvalue weighted by Crippen LogP contribution is 2.26. The van der Waals surface area contributed by atoms with E-state index >= 15 is 0 Å². The molecule has 2 aliphatic heterocycles. The number of methoxy groups -OCH3 is 1. The molecule has 8 nitrogen and oxygen atoms in total. The molecule has 1 aromatic heterocycles. The quantitative estimate of drug-likeness (QED) is 0.331. The van der Waals surface area contributed by atoms with Gasteiger partial charge in [-0.2, -0.15) is 0 Å². The van der Waals surface area contributed by atoms with Gasteiger partial charge in [0, 0.05) is 75.2 Å². The smallest absolute Gasteiger partial charge is 0.225 e. The van der Waals surface area contributed by atoms with Crippen LogP contribution >= 0.6 is 0 Å². The van der Waals surface area contributed by atoms with Crippen molar-refractivity contribution in [3.05, 3.63) is 42.0 Å². The number of nitrogens with zero attached hydrogens (tertiary/aromatic N) is 4. The number of anilines is 1. The monoisotopic (exact) mass is 500 g/mol. The van der Waals surface area contributed by atoms with E-state index < -0.39 is 0 Å². The van der Waals surface area contributed by atoms with Crippen molar-refractivity contribution >= 4 is 11.7 Å². The van der Waals surface area contributed by atoms with Crippen LogP contribution in [-0.2, 0) is 25.7 Å². The zero-order valence-corrected chi connectivity index (χ0v) is 21.5. The molecule has 0 N–H and O–H groups in total. The Balaban J connectivity index is 1.23. The van der Waals surface area contributed by atoms with Crippen LogP contribution in [0.25, 0.3) is 11.1 Å². The molecule has 4 rings (SSSR count). The average molecular weight is 501 g/mol. The van der Waals surface area contributed by atoms with Crippen molar-refractivity contribution in [3.8, 4) is 11.1 Å². The van der Waals surface area contributed by atoms with Crippen LogP contribution in [0.5, 0.6) is 0 Å². The number of benzene rings is 1. The molecule has 2 aromatic rings. The van der Waals surface area contributed by atoms with E-state index in [0.29, 0.717) is 29.2 Å². The van der Waals surface area contributed by atoms with Gasteiger partial charge in [0.2, 0.25) is 5.95 Å². The van der Waals surface area contributed by atoms with Gasteiger partial charge in [0.1, 0.15) is 12.4 Å². The van der Waals surface area contributed by atoms with Crippen LogP contribution in [0.2, 0.25) is 0 Å². The Bertz CT molecular complexity index is 999. The lowest BCUT2D eigenvalue weighted by Crippen LogP contribution is -2.35. The largest absolute Gasteiger partial charge is 0.396 e. The van der Waals surface area contributed by atoms with Crippen molar-refractivity contribution in [2.45, 2.75) is 70.9 Å². The van der Waals surface area contributed by atoms with Crippen LogP contribution in [0.3, 0.4) is 0 Å². The van der Waals surface area contributed by atoms with Crippen LogP contribution in [-0.4, -0.2) is 61.0 Å². The third kappa shape index (κ3) is 7.21. The molecule has 0 bridgehead atoms. The Kier molecular flexibility index (Phi) is 9.23. The highest BCUT2D eigenvalue weighted by molar-refractivity contribution is 5.86. The molecule has 0 radical (unpaired) electrons. The highest BCUT2D eigenvalue weighted by atomic mass is 19.1. The van der Waals surface area contributed by atoms with E-state index in [1.54, 1.807) is 31.6 Å². The maximum Gasteiger partial charge on any atom is 0.225 e. The minimum atomic E-state index is -0.316. The Labute approximate surface area is 212 Å². The van der Waals surface area contributed by atoms with E-state index in [0.717, 1.165) is 63.9 Å². The fourth-order valence-electron chi connectivity index (χ4n) is 4.40. The summed E-state index contributed by atoms with van der Waals surface area (Å²) in [6, 6.07) is 5.26. The van der Waals surface area contributed by atoms with Crippen molar-refractivity contribution in [2.24, 2.45) is 5.16 Å². The van der Waals surface area contributed by atoms with Gasteiger partial charge in [-0.1, -0.05) is 23.4 Å². The molecule has 0 spiro atoms. The Morgan fingerprint density at radius 1 is 1.17 bits per heavy atom. The molecule has 2 fully saturated rings. The average Bonchev–Trinajstić information content (AvgIpc) is 2.89. The molecule has 3 heterocycles. The van der Waals surface area contributed by atoms with E-state index in [-0.39, 0.29) is 24.3 Å². The van der Waals surface area contributed by atoms with Crippen molar-refractivity contribution in [3.63, 3.8) is 0 Å². The van der Waals surface area contributed by atoms with E-state index in [9.17, 15) is 4.39 Å². The summed E-state index contributed by atoms with van der Waals surface area (Å²) in [5.74, 6) is 0.336. The number of ether oxygens (including phenoxy) is 3. The first-order valence-electron chi connectivity index (χ1n) is 12.8. The molecule has 1 atom stereocenters. The molecule has 0 saturated carbocycles. The van der Waals surface area contributed by atoms with Crippen molar-refractivity contribution in [2.75, 3.05) is 38.3 Å². The van der Waals surface area contributed by atoms with Crippen LogP contribution in [0, 0.1) is 5.82 Å². The minimum Gasteiger partial charge on any atom is -0.396 e. The van der Waals surface area contributed by atoms with Gasteiger partial charge in [-0.15, -0.1) is 0 Å². The molecule has 0 aliphatic carbocycles. The summed E-state index contributed by atoms with van der Waals surface area (Å²) in [5, 5.41) is 4.36. The summed E-state index contributed by atoms with van der Waals surface area (Å²) in [4.78, 5) is 16.7. The first kappa shape index (κ1) is 26.4. The second-order valence-electron chi connectivity index (χ2n) is 9.88. The number of rotatable bonds is 10. The summed E-state index contributed by atoms with van der Waals surface area (Å²) in [7, 11) is 1.55. The number of hydrogen-bond donors (Lipinski definition) is 0. The van der Waals surface area contributed by atoms with Crippen molar-refractivity contribution in [1.29, 1.82) is 0 Å². The third-order valence-electron chi connectivity index (χ3n) is 6.53. The molecule has 1 unspecified atom stereocenters. The first-order chi connectivity index (χ1) is 17.4. The molecule has 1 aromatic carbocycles. The fraction of sp³-hybridized carbons (Fsp3) is 0.593. The van der Waals surface area contributed by atoms with Gasteiger partial charge in [-0.3, -0.25) is 0 Å². The van der Waals surface area contributed by atoms with Crippen LogP contribution < -0.4 is 4.90 Å². The standard InChI is InChI=1S/C27H37FN4O4/c1-27(2,36-24-9-4-5-15-34-24)12-16-35-31-22-10-13-32(14-11-22)26-29-17-21(18-30-26)23-8-6-7-20(19-33-3)25(23)28/h6-8,17-18,24H,4-5,9-16,19H2,1-3H3. The van der Waals surface area contributed by atoms with E-state index in [1.165, 1.54) is 0 Å². The third-order valence-corrected chi connectivity index (χ3v) is 6.53. The van der Waals surface area contributed by atoms with Gasteiger partial charge < -0.3 is 23.9 Å². The Hall–Kier alpha value is -2.62. The maximum absolute atomic E-state index is 14.8. The van der Waals surface area contributed by atoms with Crippen molar-refractivity contribution < 1.29 is 23.4 Å². The minimum absolute atomic E-state index is 0.111. The van der Waals surface area contributed by atoms with E-state index in [4.69, 9.17) is 19.0 Å². The summed E-state index contributed by atoms with van der Waals surface area (Å²) >= 11 is 0. The lowest BCUT2D eigenvalue weighted by molar-refractivity contribution is -0.219. The molecule has 2 saturated heterocycles. The second-order valence-corrected chi connectivity index (χ2v) is 9.88. The van der Waals surface area contributed by atoms with Crippen LogP contribution in [0.1, 0.15) is 57.9 Å². The molecule has 0 amide bonds. The topological polar surface area (TPSA) is 78.3 Å². The van der Waals surface area contributed by atoms with E-state index in [2.05, 4.69) is 33.9 Å². The van der Waals surface area contributed by atoms with Gasteiger partial charge in [0.05, 0.1) is 17.9 Å². The number of aromatic nitrogens is 2. The summed E-state index contributed by atoms with van der Waals surface area (Å²) < 4.78 is 31.6. The number of halogens is 1. The molecule has 9 heteroatoms. The highest BCUT2D eigenvalue weighted by Gasteiger charge is 2.26. The van der Waals surface area contributed by atoms with E-state index in [1.807, 2.05) is 6.07 Å². The van der Waals surface area contributed by atoms with Gasteiger partial charge in [-0.05, 0) is 33.1 Å². The Morgan fingerprint density at radius 2 is 1.94 bits per heavy atom. The van der Waals surface area contributed by atoms with Gasteiger partial charge in [0.15, 0.2) is 6.29 Å². The Morgan fingerprint density at radius 3 is 2.64 bits per heavy atom. The lowest BCUT2D eigenvalue weighted by Gasteiger charge is -2.32. The number of hydrogen-bond acceptors (Lipinski definition) is 8. The molecular weight excluding hydrogens is 463 g/mol. The van der Waals surface area contributed by atoms with Gasteiger partial charge in [0.25, 0.3) is 0 Å². The lowest BCUT2D eigenvalue weighted by atomic mass is 10.1. The molecule has 2 aliphatic rings. The van der Waals surface area contributed by atoms with Crippen LogP contribution in [0.15, 0.2) is 35.7 Å². The molecule has 196 valence electrons. The predicted molar refractivity (Wildman–Crippen MR) is 136 cm³/mol. The van der Waals surface area contributed by atoms with Gasteiger partial charge >= 0.3 is 0 Å². The summed E-state index contributed by atoms with van der Waals surface area (Å²) in [6.07, 6.45) is 8.76. The zero-order valence-electron chi connectivity index (χ0n) is 21.5. The maximum atomic E-state index is 14.8. The predicted octanol–water partition coefficient (Wildman–Crippen LogP) is 5.11. The number of piperidine rings is 1. The summed E-state index contributed by atoms with van der Waals surface area (Å²) in [6.45, 7) is 7.14. The van der Waals surface area contributed by atoms with Crippen LogP contribution in [0.4, 0.5) is 10.3 Å².